The minimum atomic E-state index is -0.659. The highest BCUT2D eigenvalue weighted by atomic mass is 16.5. The summed E-state index contributed by atoms with van der Waals surface area (Å²) >= 11 is 0. The second-order valence-corrected chi connectivity index (χ2v) is 33.2. The van der Waals surface area contributed by atoms with Crippen molar-refractivity contribution in [1.29, 1.82) is 0 Å². The topological polar surface area (TPSA) is 24.9 Å². The van der Waals surface area contributed by atoms with Crippen LogP contribution in [0.3, 0.4) is 0 Å². The van der Waals surface area contributed by atoms with Gasteiger partial charge in [-0.05, 0) is 186 Å². The predicted molar refractivity (Wildman–Crippen MR) is 498 cm³/mol. The van der Waals surface area contributed by atoms with Crippen LogP contribution < -0.4 is 52.1 Å². The van der Waals surface area contributed by atoms with E-state index in [4.69, 9.17) is 9.47 Å². The average molecular weight is 1520 g/mol. The Hall–Kier alpha value is -14.7. The lowest BCUT2D eigenvalue weighted by Gasteiger charge is -2.47. The van der Waals surface area contributed by atoms with E-state index in [-0.39, 0.29) is 5.41 Å². The number of hydrogen-bond acceptors (Lipinski definition) is 4. The van der Waals surface area contributed by atoms with Crippen LogP contribution in [-0.4, -0.2) is 13.4 Å². The second-order valence-electron chi connectivity index (χ2n) is 33.2. The van der Waals surface area contributed by atoms with E-state index in [1.807, 2.05) is 0 Å². The molecule has 0 bridgehead atoms. The molecule has 0 radical (unpaired) electrons. The van der Waals surface area contributed by atoms with Gasteiger partial charge >= 0.3 is 0 Å². The Morgan fingerprint density at radius 3 is 1.16 bits per heavy atom. The van der Waals surface area contributed by atoms with Gasteiger partial charge in [-0.15, -0.1) is 0 Å². The molecule has 0 saturated carbocycles. The summed E-state index contributed by atoms with van der Waals surface area (Å²) in [6.07, 6.45) is 0. The molecule has 4 aliphatic heterocycles. The normalized spacial score (nSPS) is 13.3. The lowest BCUT2D eigenvalue weighted by molar-refractivity contribution is 0.468. The minimum absolute atomic E-state index is 0.366. The van der Waals surface area contributed by atoms with Crippen LogP contribution in [0, 0.1) is 0 Å². The molecule has 558 valence electrons. The third-order valence-corrected chi connectivity index (χ3v) is 25.6. The largest absolute Gasteiger partial charge is 0.459 e. The van der Waals surface area contributed by atoms with Crippen LogP contribution in [0.1, 0.15) is 48.6 Å². The van der Waals surface area contributed by atoms with Gasteiger partial charge < -0.3 is 19.3 Å². The first kappa shape index (κ1) is 69.8. The van der Waals surface area contributed by atoms with Crippen LogP contribution in [0.15, 0.2) is 419 Å². The maximum absolute atomic E-state index is 8.43. The summed E-state index contributed by atoms with van der Waals surface area (Å²) in [6, 6.07) is 156. The number of fused-ring (bicyclic) bond motifs is 12. The molecular formula is C113H78B2N2O2. The third kappa shape index (κ3) is 11.1. The summed E-state index contributed by atoms with van der Waals surface area (Å²) < 4.78 is 16.7. The first-order chi connectivity index (χ1) is 58.7. The molecule has 0 spiro atoms. The lowest BCUT2D eigenvalue weighted by Crippen LogP contribution is -2.65. The maximum Gasteiger partial charge on any atom is 0.260 e. The molecule has 18 aromatic carbocycles. The smallest absolute Gasteiger partial charge is 0.260 e. The van der Waals surface area contributed by atoms with Crippen molar-refractivity contribution in [2.24, 2.45) is 0 Å². The number of hydrogen-bond donors (Lipinski definition) is 0. The Morgan fingerprint density at radius 1 is 0.235 bits per heavy atom. The molecule has 119 heavy (non-hydrogen) atoms. The molecule has 0 fully saturated rings. The highest BCUT2D eigenvalue weighted by Crippen LogP contribution is 2.61. The third-order valence-electron chi connectivity index (χ3n) is 25.6. The fourth-order valence-corrected chi connectivity index (χ4v) is 20.2. The summed E-state index contributed by atoms with van der Waals surface area (Å²) in [6.45, 7) is 6.27. The Bertz CT molecular complexity index is 7020. The monoisotopic (exact) mass is 1520 g/mol. The molecule has 6 heteroatoms. The molecule has 0 amide bonds. The summed E-state index contributed by atoms with van der Waals surface area (Å²) in [7, 11) is 0. The zero-order valence-corrected chi connectivity index (χ0v) is 66.2. The minimum Gasteiger partial charge on any atom is -0.459 e. The molecule has 0 N–H and O–H groups in total. The van der Waals surface area contributed by atoms with Crippen molar-refractivity contribution in [2.45, 2.75) is 31.6 Å². The van der Waals surface area contributed by atoms with E-state index in [0.29, 0.717) is 0 Å². The van der Waals surface area contributed by atoms with Crippen LogP contribution in [0.4, 0.5) is 34.1 Å². The van der Waals surface area contributed by atoms with Crippen molar-refractivity contribution in [3.63, 3.8) is 0 Å². The summed E-state index contributed by atoms with van der Waals surface area (Å²) in [4.78, 5) is 5.27. The van der Waals surface area contributed by atoms with Gasteiger partial charge in [0.15, 0.2) is 0 Å². The molecular weight excluding hydrogens is 1440 g/mol. The van der Waals surface area contributed by atoms with Gasteiger partial charge in [0.1, 0.15) is 23.0 Å². The zero-order valence-electron chi connectivity index (χ0n) is 66.2. The number of anilines is 6. The Kier molecular flexibility index (Phi) is 16.3. The Labute approximate surface area is 696 Å². The SMILES string of the molecule is CC(C)(C)c1cc2c3c(c1)N(c1cc(-c4ccccc4)ccc1-c1ccccc1)c1cc4c5c(c1B3c1ccc(-c3ccccc3)cc1N2c1cc(-c2ccccc2)ccc1-c1ccccc1)Oc1ccc(-c2ccccc2)cc1B5c1cc(-c2ccccc2)cc(-c2cccc3c2-c2ccccc2C3(c2ccccc2)c2ccccc2)c1O4. The van der Waals surface area contributed by atoms with Gasteiger partial charge in [0.25, 0.3) is 13.4 Å². The van der Waals surface area contributed by atoms with Crippen molar-refractivity contribution in [1.82, 2.24) is 0 Å². The Morgan fingerprint density at radius 2 is 0.639 bits per heavy atom. The average Bonchev–Trinajstić information content (AvgIpc) is 1.35. The first-order valence-corrected chi connectivity index (χ1v) is 41.5. The molecule has 4 nitrogen and oxygen atoms in total. The van der Waals surface area contributed by atoms with E-state index in [2.05, 4.69) is 449 Å². The molecule has 0 atom stereocenters. The molecule has 23 rings (SSSR count). The van der Waals surface area contributed by atoms with E-state index in [9.17, 15) is 0 Å². The van der Waals surface area contributed by atoms with Crippen LogP contribution in [0.25, 0.3) is 100 Å². The quantitative estimate of drug-likeness (QED) is 0.114. The number of rotatable bonds is 12. The van der Waals surface area contributed by atoms with Gasteiger partial charge in [-0.1, -0.05) is 391 Å². The van der Waals surface area contributed by atoms with Gasteiger partial charge in [0.2, 0.25) is 0 Å². The fraction of sp³-hybridized carbons (Fsp3) is 0.0442. The van der Waals surface area contributed by atoms with Gasteiger partial charge in [0.05, 0.1) is 16.8 Å². The fourth-order valence-electron chi connectivity index (χ4n) is 20.2. The highest BCUT2D eigenvalue weighted by molar-refractivity contribution is 7.03. The van der Waals surface area contributed by atoms with Crippen LogP contribution in [0.5, 0.6) is 23.0 Å². The summed E-state index contributed by atoms with van der Waals surface area (Å²) in [5.74, 6) is 3.13. The number of nitrogens with zero attached hydrogens (tertiary/aromatic N) is 2. The van der Waals surface area contributed by atoms with Crippen molar-refractivity contribution < 1.29 is 9.47 Å². The van der Waals surface area contributed by atoms with Gasteiger partial charge in [-0.25, -0.2) is 0 Å². The van der Waals surface area contributed by atoms with Gasteiger partial charge in [0, 0.05) is 51.0 Å². The van der Waals surface area contributed by atoms with E-state index in [1.54, 1.807) is 0 Å². The van der Waals surface area contributed by atoms with Crippen molar-refractivity contribution in [3.05, 3.63) is 446 Å². The lowest BCUT2D eigenvalue weighted by atomic mass is 9.30. The highest BCUT2D eigenvalue weighted by Gasteiger charge is 2.53. The van der Waals surface area contributed by atoms with Crippen molar-refractivity contribution in [3.8, 4) is 123 Å². The van der Waals surface area contributed by atoms with Crippen LogP contribution in [-0.2, 0) is 10.8 Å². The molecule has 0 aromatic heterocycles. The molecule has 0 saturated heterocycles. The molecule has 0 unspecified atom stereocenters. The summed E-state index contributed by atoms with van der Waals surface area (Å²) in [5, 5.41) is 0. The maximum atomic E-state index is 8.43. The van der Waals surface area contributed by atoms with E-state index in [0.717, 1.165) is 173 Å². The van der Waals surface area contributed by atoms with Crippen molar-refractivity contribution in [2.75, 3.05) is 9.80 Å². The van der Waals surface area contributed by atoms with Crippen molar-refractivity contribution >= 4 is 80.3 Å². The van der Waals surface area contributed by atoms with Crippen LogP contribution in [0.2, 0.25) is 0 Å². The molecule has 1 aliphatic carbocycles. The van der Waals surface area contributed by atoms with E-state index >= 15 is 0 Å². The zero-order chi connectivity index (χ0) is 79.0. The second kappa shape index (κ2) is 27.8. The van der Waals surface area contributed by atoms with E-state index in [1.165, 1.54) is 44.4 Å². The molecule has 5 aliphatic rings. The summed E-state index contributed by atoms with van der Waals surface area (Å²) in [5.41, 5.74) is 37.9. The predicted octanol–water partition coefficient (Wildman–Crippen LogP) is 25.5. The number of ether oxygens (including phenoxy) is 2. The number of benzene rings is 18. The molecule has 4 heterocycles. The van der Waals surface area contributed by atoms with Crippen LogP contribution >= 0.6 is 0 Å². The van der Waals surface area contributed by atoms with E-state index < -0.39 is 18.8 Å². The molecule has 18 aromatic rings. The van der Waals surface area contributed by atoms with Gasteiger partial charge in [-0.3, -0.25) is 0 Å². The Balaban J connectivity index is 0.865. The standard InChI is InChI=1S/C113H78B2N2O2/c1-112(2,3)87-70-101-107-102(71-87)117(99-68-82(75-38-17-6-18-39-75)57-61-89(99)79-46-25-10-26-47-79)103-72-105-109-111(108(103)115(107)95-62-58-83(76-40-19-7-20-41-76)69-100(95)116(101)98-67-81(74-36-15-5-16-37-74)56-60-88(98)78-44-23-9-24-45-78)118-104-63-59-80(73-34-13-4-14-35-73)65-96(104)114(109)97-66-84(77-42-21-8-22-43-77)64-92(110(97)119-105)90-53-33-55-94-106(90)91-52-31-32-54-93(91)113(94,85-48-27-11-28-49-85)86-50-29-12-30-51-86/h4-72H,1-3H3. The first-order valence-electron chi connectivity index (χ1n) is 41.5. The van der Waals surface area contributed by atoms with Gasteiger partial charge in [-0.2, -0.15) is 0 Å².